The Morgan fingerprint density at radius 3 is 2.75 bits per heavy atom. The van der Waals surface area contributed by atoms with Gasteiger partial charge in [-0.15, -0.1) is 0 Å². The lowest BCUT2D eigenvalue weighted by molar-refractivity contribution is 0.344. The molecule has 20 heavy (non-hydrogen) atoms. The highest BCUT2D eigenvalue weighted by Gasteiger charge is 2.21. The zero-order valence-corrected chi connectivity index (χ0v) is 13.0. The van der Waals surface area contributed by atoms with Crippen molar-refractivity contribution in [1.29, 1.82) is 0 Å². The molecular formula is C13H13Cl2NO3S. The van der Waals surface area contributed by atoms with Crippen molar-refractivity contribution in [2.45, 2.75) is 18.4 Å². The SMILES string of the molecule is CCOc1cccc2c1c(S(=O)(=O)Cl)cn2C/C=C/Cl. The van der Waals surface area contributed by atoms with Crippen LogP contribution in [0.15, 0.2) is 40.9 Å². The molecule has 1 aromatic heterocycles. The predicted molar refractivity (Wildman–Crippen MR) is 81.1 cm³/mol. The maximum absolute atomic E-state index is 11.7. The van der Waals surface area contributed by atoms with E-state index in [1.54, 1.807) is 22.8 Å². The summed E-state index contributed by atoms with van der Waals surface area (Å²) in [6, 6.07) is 5.34. The summed E-state index contributed by atoms with van der Waals surface area (Å²) in [5.74, 6) is 0.498. The molecule has 0 fully saturated rings. The minimum atomic E-state index is -3.86. The van der Waals surface area contributed by atoms with Gasteiger partial charge in [-0.3, -0.25) is 0 Å². The normalized spacial score (nSPS) is 12.3. The van der Waals surface area contributed by atoms with Crippen LogP contribution in [0.25, 0.3) is 10.9 Å². The first kappa shape index (κ1) is 15.2. The van der Waals surface area contributed by atoms with Gasteiger partial charge in [0.1, 0.15) is 10.6 Å². The molecule has 0 atom stereocenters. The number of halogens is 2. The molecule has 0 spiro atoms. The number of nitrogens with zero attached hydrogens (tertiary/aromatic N) is 1. The number of aromatic nitrogens is 1. The van der Waals surface area contributed by atoms with Crippen molar-refractivity contribution < 1.29 is 13.2 Å². The van der Waals surface area contributed by atoms with E-state index in [9.17, 15) is 8.42 Å². The molecule has 7 heteroatoms. The van der Waals surface area contributed by atoms with E-state index in [0.29, 0.717) is 24.3 Å². The molecule has 0 aliphatic carbocycles. The van der Waals surface area contributed by atoms with Crippen molar-refractivity contribution in [1.82, 2.24) is 4.57 Å². The van der Waals surface area contributed by atoms with Gasteiger partial charge in [0.15, 0.2) is 0 Å². The van der Waals surface area contributed by atoms with Crippen LogP contribution in [0.3, 0.4) is 0 Å². The third kappa shape index (κ3) is 2.95. The molecule has 0 aliphatic rings. The van der Waals surface area contributed by atoms with E-state index in [2.05, 4.69) is 0 Å². The molecular weight excluding hydrogens is 321 g/mol. The van der Waals surface area contributed by atoms with Crippen LogP contribution in [0.2, 0.25) is 0 Å². The topological polar surface area (TPSA) is 48.3 Å². The second-order valence-electron chi connectivity index (χ2n) is 4.03. The maximum Gasteiger partial charge on any atom is 0.263 e. The van der Waals surface area contributed by atoms with Crippen LogP contribution < -0.4 is 4.74 Å². The molecule has 4 nitrogen and oxygen atoms in total. The van der Waals surface area contributed by atoms with Gasteiger partial charge in [-0.2, -0.15) is 0 Å². The first-order valence-electron chi connectivity index (χ1n) is 5.93. The van der Waals surface area contributed by atoms with E-state index < -0.39 is 9.05 Å². The molecule has 0 unspecified atom stereocenters. The lowest BCUT2D eigenvalue weighted by Crippen LogP contribution is -1.95. The molecule has 0 saturated heterocycles. The summed E-state index contributed by atoms with van der Waals surface area (Å²) in [5.41, 5.74) is 2.11. The molecule has 1 aromatic carbocycles. The van der Waals surface area contributed by atoms with Gasteiger partial charge in [0.25, 0.3) is 9.05 Å². The minimum absolute atomic E-state index is 0.0428. The summed E-state index contributed by atoms with van der Waals surface area (Å²) in [6.45, 7) is 2.72. The molecule has 0 bridgehead atoms. The number of hydrogen-bond donors (Lipinski definition) is 0. The van der Waals surface area contributed by atoms with E-state index in [0.717, 1.165) is 5.52 Å². The van der Waals surface area contributed by atoms with E-state index >= 15 is 0 Å². The molecule has 0 radical (unpaired) electrons. The van der Waals surface area contributed by atoms with Crippen molar-refractivity contribution in [2.24, 2.45) is 0 Å². The smallest absolute Gasteiger partial charge is 0.263 e. The summed E-state index contributed by atoms with van der Waals surface area (Å²) < 4.78 is 30.7. The van der Waals surface area contributed by atoms with E-state index in [-0.39, 0.29) is 4.90 Å². The van der Waals surface area contributed by atoms with Gasteiger partial charge in [0, 0.05) is 29.0 Å². The van der Waals surface area contributed by atoms with Gasteiger partial charge >= 0.3 is 0 Å². The zero-order valence-electron chi connectivity index (χ0n) is 10.7. The van der Waals surface area contributed by atoms with E-state index in [1.807, 2.05) is 13.0 Å². The molecule has 2 rings (SSSR count). The highest BCUT2D eigenvalue weighted by atomic mass is 35.7. The number of hydrogen-bond acceptors (Lipinski definition) is 3. The molecule has 0 amide bonds. The van der Waals surface area contributed by atoms with E-state index in [4.69, 9.17) is 27.0 Å². The van der Waals surface area contributed by atoms with Crippen LogP contribution in [-0.4, -0.2) is 19.6 Å². The van der Waals surface area contributed by atoms with Crippen molar-refractivity contribution in [3.63, 3.8) is 0 Å². The van der Waals surface area contributed by atoms with Crippen LogP contribution in [0, 0.1) is 0 Å². The highest BCUT2D eigenvalue weighted by molar-refractivity contribution is 8.14. The van der Waals surface area contributed by atoms with Gasteiger partial charge in [-0.05, 0) is 19.1 Å². The molecule has 1 heterocycles. The fraction of sp³-hybridized carbons (Fsp3) is 0.231. The standard InChI is InChI=1S/C13H13Cl2NO3S/c1-2-19-11-6-3-5-10-13(11)12(20(15,17)18)9-16(10)8-4-7-14/h3-7,9H,2,8H2,1H3/b7-4+. The summed E-state index contributed by atoms with van der Waals surface area (Å²) in [7, 11) is 1.66. The molecule has 0 saturated carbocycles. The van der Waals surface area contributed by atoms with Gasteiger partial charge in [0.05, 0.1) is 17.5 Å². The summed E-state index contributed by atoms with van der Waals surface area (Å²) in [4.78, 5) is 0.0428. The third-order valence-electron chi connectivity index (χ3n) is 2.79. The number of fused-ring (bicyclic) bond motifs is 1. The molecule has 108 valence electrons. The van der Waals surface area contributed by atoms with Crippen LogP contribution in [0.4, 0.5) is 0 Å². The molecule has 0 aliphatic heterocycles. The Morgan fingerprint density at radius 1 is 1.40 bits per heavy atom. The summed E-state index contributed by atoms with van der Waals surface area (Å²) >= 11 is 5.52. The average Bonchev–Trinajstić information content (AvgIpc) is 2.76. The van der Waals surface area contributed by atoms with Crippen molar-refractivity contribution in [3.8, 4) is 5.75 Å². The zero-order chi connectivity index (χ0) is 14.8. The quantitative estimate of drug-likeness (QED) is 0.783. The third-order valence-corrected chi connectivity index (χ3v) is 4.30. The largest absolute Gasteiger partial charge is 0.493 e. The number of ether oxygens (including phenoxy) is 1. The average molecular weight is 334 g/mol. The van der Waals surface area contributed by atoms with Gasteiger partial charge < -0.3 is 9.30 Å². The van der Waals surface area contributed by atoms with Gasteiger partial charge in [-0.1, -0.05) is 23.7 Å². The summed E-state index contributed by atoms with van der Waals surface area (Å²) in [5, 5.41) is 0.493. The first-order chi connectivity index (χ1) is 9.49. The number of benzene rings is 1. The lowest BCUT2D eigenvalue weighted by Gasteiger charge is -2.06. The monoisotopic (exact) mass is 333 g/mol. The van der Waals surface area contributed by atoms with Gasteiger partial charge in [0.2, 0.25) is 0 Å². The van der Waals surface area contributed by atoms with Crippen LogP contribution in [0.5, 0.6) is 5.75 Å². The van der Waals surface area contributed by atoms with Crippen LogP contribution in [0.1, 0.15) is 6.92 Å². The molecule has 2 aromatic rings. The first-order valence-corrected chi connectivity index (χ1v) is 8.68. The van der Waals surface area contributed by atoms with Crippen LogP contribution >= 0.6 is 22.3 Å². The lowest BCUT2D eigenvalue weighted by atomic mass is 10.2. The second-order valence-corrected chi connectivity index (χ2v) is 6.81. The fourth-order valence-corrected chi connectivity index (χ4v) is 3.18. The highest BCUT2D eigenvalue weighted by Crippen LogP contribution is 2.35. The van der Waals surface area contributed by atoms with Crippen molar-refractivity contribution in [2.75, 3.05) is 6.61 Å². The second kappa shape index (κ2) is 6.08. The Balaban J connectivity index is 2.77. The summed E-state index contributed by atoms with van der Waals surface area (Å²) in [6.07, 6.45) is 3.20. The minimum Gasteiger partial charge on any atom is -0.493 e. The maximum atomic E-state index is 11.7. The number of rotatable bonds is 5. The van der Waals surface area contributed by atoms with Gasteiger partial charge in [-0.25, -0.2) is 8.42 Å². The Hall–Kier alpha value is -1.17. The van der Waals surface area contributed by atoms with Crippen molar-refractivity contribution in [3.05, 3.63) is 36.0 Å². The Bertz CT molecular complexity index is 750. The molecule has 0 N–H and O–H groups in total. The van der Waals surface area contributed by atoms with Crippen LogP contribution in [-0.2, 0) is 15.6 Å². The van der Waals surface area contributed by atoms with Crippen molar-refractivity contribution >= 4 is 42.2 Å². The predicted octanol–water partition coefficient (Wildman–Crippen LogP) is 3.72. The Morgan fingerprint density at radius 2 is 2.15 bits per heavy atom. The fourth-order valence-electron chi connectivity index (χ4n) is 2.05. The Labute approximate surface area is 127 Å². The number of allylic oxidation sites excluding steroid dienone is 1. The Kier molecular flexibility index (Phi) is 4.62. The van der Waals surface area contributed by atoms with E-state index in [1.165, 1.54) is 11.7 Å².